The van der Waals surface area contributed by atoms with Gasteiger partial charge in [0.2, 0.25) is 0 Å². The molecule has 4 nitrogen and oxygen atoms in total. The van der Waals surface area contributed by atoms with Crippen LogP contribution in [0.1, 0.15) is 22.7 Å². The van der Waals surface area contributed by atoms with Gasteiger partial charge in [-0.25, -0.2) is 9.97 Å². The molecule has 2 heterocycles. The van der Waals surface area contributed by atoms with Crippen molar-refractivity contribution < 1.29 is 17.9 Å². The Morgan fingerprint density at radius 1 is 1.25 bits per heavy atom. The molecule has 8 heteroatoms. The summed E-state index contributed by atoms with van der Waals surface area (Å²) in [5, 5.41) is 0.812. The van der Waals surface area contributed by atoms with Gasteiger partial charge in [-0.1, -0.05) is 0 Å². The van der Waals surface area contributed by atoms with E-state index in [1.54, 1.807) is 0 Å². The number of alkyl halides is 3. The molecule has 0 amide bonds. The highest BCUT2D eigenvalue weighted by Crippen LogP contribution is 2.31. The second-order valence-electron chi connectivity index (χ2n) is 4.41. The maximum atomic E-state index is 12.0. The monoisotopic (exact) mass is 305 g/mol. The first-order valence-electron chi connectivity index (χ1n) is 5.94. The van der Waals surface area contributed by atoms with Crippen molar-refractivity contribution in [2.75, 3.05) is 12.3 Å². The zero-order valence-corrected chi connectivity index (χ0v) is 11.9. The average molecular weight is 305 g/mol. The Hall–Kier alpha value is -1.41. The maximum absolute atomic E-state index is 12.0. The van der Waals surface area contributed by atoms with Gasteiger partial charge in [0.1, 0.15) is 17.3 Å². The molecule has 0 saturated heterocycles. The third-order valence-corrected chi connectivity index (χ3v) is 3.97. The predicted octanol–water partition coefficient (Wildman–Crippen LogP) is 3.36. The van der Waals surface area contributed by atoms with Gasteiger partial charge in [-0.05, 0) is 19.4 Å². The smallest absolute Gasteiger partial charge is 0.383 e. The van der Waals surface area contributed by atoms with E-state index in [0.717, 1.165) is 20.7 Å². The van der Waals surface area contributed by atoms with E-state index in [2.05, 4.69) is 9.97 Å². The van der Waals surface area contributed by atoms with Gasteiger partial charge in [0.25, 0.3) is 0 Å². The summed E-state index contributed by atoms with van der Waals surface area (Å²) in [5.74, 6) is 0.643. The number of hydrogen-bond acceptors (Lipinski definition) is 5. The molecule has 2 rings (SSSR count). The van der Waals surface area contributed by atoms with Crippen LogP contribution < -0.4 is 5.73 Å². The number of hydrogen-bond donors (Lipinski definition) is 1. The first-order valence-corrected chi connectivity index (χ1v) is 6.76. The van der Waals surface area contributed by atoms with Crippen LogP contribution in [0.25, 0.3) is 10.2 Å². The summed E-state index contributed by atoms with van der Waals surface area (Å²) in [7, 11) is 0. The molecule has 0 atom stereocenters. The van der Waals surface area contributed by atoms with Gasteiger partial charge in [0.15, 0.2) is 5.82 Å². The SMILES string of the molecule is Cc1sc2nc(COCCC(F)(F)F)nc(N)c2c1C. The Morgan fingerprint density at radius 2 is 1.95 bits per heavy atom. The van der Waals surface area contributed by atoms with E-state index in [1.165, 1.54) is 11.3 Å². The first-order chi connectivity index (χ1) is 9.28. The average Bonchev–Trinajstić information content (AvgIpc) is 2.60. The van der Waals surface area contributed by atoms with Crippen molar-refractivity contribution in [2.24, 2.45) is 0 Å². The number of rotatable bonds is 4. The molecule has 0 fully saturated rings. The number of aryl methyl sites for hydroxylation is 2. The minimum absolute atomic E-state index is 0.0772. The van der Waals surface area contributed by atoms with Crippen molar-refractivity contribution >= 4 is 27.4 Å². The molecule has 0 saturated carbocycles. The van der Waals surface area contributed by atoms with E-state index in [-0.39, 0.29) is 6.61 Å². The number of ether oxygens (including phenoxy) is 1. The zero-order valence-electron chi connectivity index (χ0n) is 11.0. The molecule has 0 unspecified atom stereocenters. The van der Waals surface area contributed by atoms with Crippen LogP contribution >= 0.6 is 11.3 Å². The summed E-state index contributed by atoms with van der Waals surface area (Å²) in [5.41, 5.74) is 6.90. The molecule has 2 N–H and O–H groups in total. The fourth-order valence-electron chi connectivity index (χ4n) is 1.74. The summed E-state index contributed by atoms with van der Waals surface area (Å²) >= 11 is 1.48. The van der Waals surface area contributed by atoms with E-state index in [9.17, 15) is 13.2 Å². The van der Waals surface area contributed by atoms with Gasteiger partial charge in [-0.2, -0.15) is 13.2 Å². The number of thiophene rings is 1. The van der Waals surface area contributed by atoms with Crippen molar-refractivity contribution in [2.45, 2.75) is 33.1 Å². The van der Waals surface area contributed by atoms with E-state index in [1.807, 2.05) is 13.8 Å². The lowest BCUT2D eigenvalue weighted by Gasteiger charge is -2.07. The standard InChI is InChI=1S/C12H14F3N3OS/c1-6-7(2)20-11-9(6)10(16)17-8(18-11)5-19-4-3-12(13,14)15/h3-5H2,1-2H3,(H2,16,17,18). The van der Waals surface area contributed by atoms with E-state index < -0.39 is 19.2 Å². The normalized spacial score (nSPS) is 12.2. The minimum Gasteiger partial charge on any atom is -0.383 e. The molecule has 0 aliphatic rings. The molecule has 0 aliphatic carbocycles. The molecule has 0 spiro atoms. The second kappa shape index (κ2) is 5.53. The summed E-state index contributed by atoms with van der Waals surface area (Å²) in [6, 6.07) is 0. The molecule has 2 aromatic heterocycles. The van der Waals surface area contributed by atoms with Crippen molar-refractivity contribution in [3.05, 3.63) is 16.3 Å². The number of nitrogens with zero attached hydrogens (tertiary/aromatic N) is 2. The number of aromatic nitrogens is 2. The highest BCUT2D eigenvalue weighted by atomic mass is 32.1. The van der Waals surface area contributed by atoms with Gasteiger partial charge >= 0.3 is 6.18 Å². The number of nitrogen functional groups attached to an aromatic ring is 1. The minimum atomic E-state index is -4.22. The maximum Gasteiger partial charge on any atom is 0.391 e. The molecule has 0 aromatic carbocycles. The first kappa shape index (κ1) is 15.0. The predicted molar refractivity (Wildman–Crippen MR) is 71.6 cm³/mol. The van der Waals surface area contributed by atoms with Crippen molar-refractivity contribution in [3.63, 3.8) is 0 Å². The van der Waals surface area contributed by atoms with Crippen LogP contribution in [-0.2, 0) is 11.3 Å². The molecule has 110 valence electrons. The highest BCUT2D eigenvalue weighted by Gasteiger charge is 2.26. The summed E-state index contributed by atoms with van der Waals surface area (Å²) < 4.78 is 40.9. The Labute approximate surface area is 117 Å². The number of fused-ring (bicyclic) bond motifs is 1. The molecule has 2 aromatic rings. The lowest BCUT2D eigenvalue weighted by Crippen LogP contribution is -2.12. The molecule has 0 aliphatic heterocycles. The number of halogens is 3. The highest BCUT2D eigenvalue weighted by molar-refractivity contribution is 7.18. The van der Waals surface area contributed by atoms with Crippen molar-refractivity contribution in [3.8, 4) is 0 Å². The third-order valence-electron chi connectivity index (χ3n) is 2.86. The molecular formula is C12H14F3N3OS. The third kappa shape index (κ3) is 3.37. The second-order valence-corrected chi connectivity index (χ2v) is 5.61. The Kier molecular flexibility index (Phi) is 4.14. The van der Waals surface area contributed by atoms with Gasteiger partial charge in [0.05, 0.1) is 18.4 Å². The Bertz CT molecular complexity index is 624. The summed E-state index contributed by atoms with van der Waals surface area (Å²) in [4.78, 5) is 10.2. The molecular weight excluding hydrogens is 291 g/mol. The summed E-state index contributed by atoms with van der Waals surface area (Å²) in [6.45, 7) is 3.41. The van der Waals surface area contributed by atoms with Gasteiger partial charge < -0.3 is 10.5 Å². The lowest BCUT2D eigenvalue weighted by molar-refractivity contribution is -0.146. The zero-order chi connectivity index (χ0) is 14.9. The van der Waals surface area contributed by atoms with Crippen LogP contribution in [0.4, 0.5) is 19.0 Å². The fraction of sp³-hybridized carbons (Fsp3) is 0.500. The van der Waals surface area contributed by atoms with Gasteiger partial charge in [-0.15, -0.1) is 11.3 Å². The van der Waals surface area contributed by atoms with E-state index in [4.69, 9.17) is 10.5 Å². The van der Waals surface area contributed by atoms with Crippen LogP contribution in [0.15, 0.2) is 0 Å². The van der Waals surface area contributed by atoms with Gasteiger partial charge in [0, 0.05) is 4.88 Å². The molecule has 20 heavy (non-hydrogen) atoms. The van der Waals surface area contributed by atoms with Crippen molar-refractivity contribution in [1.29, 1.82) is 0 Å². The topological polar surface area (TPSA) is 61.0 Å². The van der Waals surface area contributed by atoms with Crippen LogP contribution in [-0.4, -0.2) is 22.8 Å². The van der Waals surface area contributed by atoms with Crippen LogP contribution in [0.5, 0.6) is 0 Å². The quantitative estimate of drug-likeness (QED) is 0.880. The van der Waals surface area contributed by atoms with Crippen LogP contribution in [0.2, 0.25) is 0 Å². The van der Waals surface area contributed by atoms with Crippen LogP contribution in [0.3, 0.4) is 0 Å². The van der Waals surface area contributed by atoms with Crippen molar-refractivity contribution in [1.82, 2.24) is 9.97 Å². The van der Waals surface area contributed by atoms with Crippen LogP contribution in [0, 0.1) is 13.8 Å². The fourth-order valence-corrected chi connectivity index (χ4v) is 2.80. The summed E-state index contributed by atoms with van der Waals surface area (Å²) in [6.07, 6.45) is -5.20. The van der Waals surface area contributed by atoms with Gasteiger partial charge in [-0.3, -0.25) is 0 Å². The molecule has 0 bridgehead atoms. The van der Waals surface area contributed by atoms with E-state index in [0.29, 0.717) is 11.6 Å². The Balaban J connectivity index is 2.08. The lowest BCUT2D eigenvalue weighted by atomic mass is 10.2. The Morgan fingerprint density at radius 3 is 2.60 bits per heavy atom. The number of anilines is 1. The largest absolute Gasteiger partial charge is 0.391 e. The number of nitrogens with two attached hydrogens (primary N) is 1. The van der Waals surface area contributed by atoms with E-state index >= 15 is 0 Å². The molecule has 0 radical (unpaired) electrons.